The van der Waals surface area contributed by atoms with E-state index >= 15 is 0 Å². The highest BCUT2D eigenvalue weighted by molar-refractivity contribution is 8.03. The molecule has 1 amide bonds. The average Bonchev–Trinajstić information content (AvgIpc) is 2.82. The molecule has 0 aromatic heterocycles. The highest BCUT2D eigenvalue weighted by Gasteiger charge is 2.45. The van der Waals surface area contributed by atoms with Crippen LogP contribution >= 0.6 is 11.8 Å². The Bertz CT molecular complexity index is 655. The van der Waals surface area contributed by atoms with Gasteiger partial charge in [-0.15, -0.1) is 11.8 Å². The molecular formula is C13H10N2O5S. The van der Waals surface area contributed by atoms with Crippen LogP contribution in [0.3, 0.4) is 0 Å². The van der Waals surface area contributed by atoms with Crippen molar-refractivity contribution < 1.29 is 19.2 Å². The van der Waals surface area contributed by atoms with Crippen LogP contribution in [0.1, 0.15) is 12.0 Å². The third kappa shape index (κ3) is 2.49. The zero-order valence-corrected chi connectivity index (χ0v) is 11.5. The van der Waals surface area contributed by atoms with Gasteiger partial charge in [0.25, 0.3) is 5.69 Å². The maximum Gasteiger partial charge on any atom is 0.355 e. The monoisotopic (exact) mass is 306 g/mol. The Morgan fingerprint density at radius 2 is 2.14 bits per heavy atom. The van der Waals surface area contributed by atoms with Crippen LogP contribution in [-0.4, -0.2) is 27.1 Å². The van der Waals surface area contributed by atoms with Crippen LogP contribution in [0.4, 0.5) is 5.69 Å². The van der Waals surface area contributed by atoms with Crippen molar-refractivity contribution in [3.8, 4) is 0 Å². The van der Waals surface area contributed by atoms with Crippen LogP contribution in [0.25, 0.3) is 0 Å². The first-order chi connectivity index (χ1) is 10.1. The maximum atomic E-state index is 11.9. The van der Waals surface area contributed by atoms with Crippen LogP contribution < -0.4 is 0 Å². The van der Waals surface area contributed by atoms with Crippen molar-refractivity contribution in [3.05, 3.63) is 51.0 Å². The number of rotatable bonds is 4. The highest BCUT2D eigenvalue weighted by atomic mass is 32.2. The minimum Gasteiger partial charge on any atom is -0.456 e. The number of ether oxygens (including phenoxy) is 1. The minimum absolute atomic E-state index is 0.00549. The number of fused-ring (bicyclic) bond motifs is 1. The molecule has 21 heavy (non-hydrogen) atoms. The van der Waals surface area contributed by atoms with E-state index in [2.05, 4.69) is 0 Å². The SMILES string of the molecule is O=C(OCc1ccc([N+](=O)[O-])cc1)C1=CS[C@H]2CC(=O)N12. The summed E-state index contributed by atoms with van der Waals surface area (Å²) >= 11 is 1.43. The zero-order chi connectivity index (χ0) is 15.0. The number of carbonyl (C=O) groups is 2. The molecular weight excluding hydrogens is 296 g/mol. The summed E-state index contributed by atoms with van der Waals surface area (Å²) < 4.78 is 5.13. The number of esters is 1. The summed E-state index contributed by atoms with van der Waals surface area (Å²) in [5.41, 5.74) is 0.892. The summed E-state index contributed by atoms with van der Waals surface area (Å²) in [7, 11) is 0. The van der Waals surface area contributed by atoms with Crippen molar-refractivity contribution >= 4 is 29.3 Å². The molecule has 2 aliphatic heterocycles. The van der Waals surface area contributed by atoms with E-state index in [9.17, 15) is 19.7 Å². The lowest BCUT2D eigenvalue weighted by Gasteiger charge is -2.34. The molecule has 2 aliphatic rings. The van der Waals surface area contributed by atoms with Crippen LogP contribution in [0.5, 0.6) is 0 Å². The van der Waals surface area contributed by atoms with E-state index < -0.39 is 10.9 Å². The second-order valence-electron chi connectivity index (χ2n) is 4.56. The Morgan fingerprint density at radius 1 is 1.43 bits per heavy atom. The minimum atomic E-state index is -0.559. The molecule has 8 heteroatoms. The van der Waals surface area contributed by atoms with Crippen molar-refractivity contribution in [1.29, 1.82) is 0 Å². The van der Waals surface area contributed by atoms with Crippen LogP contribution in [0.2, 0.25) is 0 Å². The van der Waals surface area contributed by atoms with E-state index in [4.69, 9.17) is 4.74 Å². The second kappa shape index (κ2) is 5.21. The third-order valence-corrected chi connectivity index (χ3v) is 4.28. The summed E-state index contributed by atoms with van der Waals surface area (Å²) in [4.78, 5) is 34.8. The molecule has 7 nitrogen and oxygen atoms in total. The number of hydrogen-bond acceptors (Lipinski definition) is 6. The number of thioether (sulfide) groups is 1. The van der Waals surface area contributed by atoms with Crippen molar-refractivity contribution in [2.24, 2.45) is 0 Å². The molecule has 1 atom stereocenters. The Kier molecular flexibility index (Phi) is 3.38. The average molecular weight is 306 g/mol. The summed E-state index contributed by atoms with van der Waals surface area (Å²) in [5.74, 6) is -0.639. The normalized spacial score (nSPS) is 19.6. The third-order valence-electron chi connectivity index (χ3n) is 3.23. The molecule has 0 saturated carbocycles. The van der Waals surface area contributed by atoms with Gasteiger partial charge in [-0.2, -0.15) is 0 Å². The van der Waals surface area contributed by atoms with Crippen molar-refractivity contribution in [2.45, 2.75) is 18.4 Å². The Hall–Kier alpha value is -2.35. The van der Waals surface area contributed by atoms with Crippen LogP contribution in [0, 0.1) is 10.1 Å². The molecule has 0 radical (unpaired) electrons. The summed E-state index contributed by atoms with van der Waals surface area (Å²) in [6.45, 7) is 0.00549. The molecule has 1 aromatic rings. The highest BCUT2D eigenvalue weighted by Crippen LogP contribution is 2.41. The van der Waals surface area contributed by atoms with Gasteiger partial charge in [0.1, 0.15) is 12.3 Å². The lowest BCUT2D eigenvalue weighted by atomic mass is 10.2. The van der Waals surface area contributed by atoms with Gasteiger partial charge in [-0.1, -0.05) is 0 Å². The second-order valence-corrected chi connectivity index (χ2v) is 5.61. The standard InChI is InChI=1S/C13H10N2O5S/c16-11-5-12-14(11)10(7-21-12)13(17)20-6-8-1-3-9(4-2-8)15(18)19/h1-4,7,12H,5-6H2/t12-/m0/s1. The van der Waals surface area contributed by atoms with Gasteiger partial charge in [-0.05, 0) is 17.7 Å². The van der Waals surface area contributed by atoms with E-state index in [1.165, 1.54) is 40.9 Å². The van der Waals surface area contributed by atoms with Gasteiger partial charge in [-0.25, -0.2) is 4.79 Å². The number of β-lactam (4-membered cyclic amide) rings is 1. The van der Waals surface area contributed by atoms with E-state index in [0.29, 0.717) is 12.0 Å². The molecule has 1 fully saturated rings. The molecule has 0 aliphatic carbocycles. The number of non-ortho nitro benzene ring substituents is 1. The van der Waals surface area contributed by atoms with E-state index in [-0.39, 0.29) is 29.3 Å². The van der Waals surface area contributed by atoms with Gasteiger partial charge in [-0.3, -0.25) is 19.8 Å². The quantitative estimate of drug-likeness (QED) is 0.364. The Morgan fingerprint density at radius 3 is 2.76 bits per heavy atom. The number of carbonyl (C=O) groups excluding carboxylic acids is 2. The topological polar surface area (TPSA) is 89.7 Å². The van der Waals surface area contributed by atoms with Crippen molar-refractivity contribution in [1.82, 2.24) is 4.90 Å². The molecule has 1 aromatic carbocycles. The summed E-state index contributed by atoms with van der Waals surface area (Å²) in [5, 5.41) is 12.2. The van der Waals surface area contributed by atoms with Crippen LogP contribution in [-0.2, 0) is 20.9 Å². The van der Waals surface area contributed by atoms with Gasteiger partial charge in [0.05, 0.1) is 16.7 Å². The Balaban J connectivity index is 1.59. The smallest absolute Gasteiger partial charge is 0.355 e. The largest absolute Gasteiger partial charge is 0.456 e. The van der Waals surface area contributed by atoms with Gasteiger partial charge >= 0.3 is 5.97 Å². The number of nitrogens with zero attached hydrogens (tertiary/aromatic N) is 2. The van der Waals surface area contributed by atoms with Gasteiger partial charge in [0.15, 0.2) is 0 Å². The lowest BCUT2D eigenvalue weighted by Crippen LogP contribution is -2.48. The number of hydrogen-bond donors (Lipinski definition) is 0. The van der Waals surface area contributed by atoms with Crippen molar-refractivity contribution in [3.63, 3.8) is 0 Å². The maximum absolute atomic E-state index is 11.9. The van der Waals surface area contributed by atoms with Gasteiger partial charge in [0, 0.05) is 17.5 Å². The van der Waals surface area contributed by atoms with Gasteiger partial charge < -0.3 is 4.74 Å². The fraction of sp³-hybridized carbons (Fsp3) is 0.231. The molecule has 0 spiro atoms. The molecule has 108 valence electrons. The fourth-order valence-electron chi connectivity index (χ4n) is 2.07. The Labute approximate surface area is 123 Å². The van der Waals surface area contributed by atoms with Crippen molar-refractivity contribution in [2.75, 3.05) is 0 Å². The van der Waals surface area contributed by atoms with E-state index in [1.54, 1.807) is 5.41 Å². The predicted molar refractivity (Wildman–Crippen MR) is 73.8 cm³/mol. The lowest BCUT2D eigenvalue weighted by molar-refractivity contribution is -0.384. The number of amides is 1. The predicted octanol–water partition coefficient (Wildman–Crippen LogP) is 1.78. The first-order valence-corrected chi connectivity index (χ1v) is 7.08. The molecule has 1 saturated heterocycles. The molecule has 3 rings (SSSR count). The van der Waals surface area contributed by atoms with Crippen LogP contribution in [0.15, 0.2) is 35.4 Å². The number of benzene rings is 1. The number of nitro groups is 1. The first kappa shape index (κ1) is 13.6. The molecule has 2 heterocycles. The van der Waals surface area contributed by atoms with E-state index in [0.717, 1.165) is 0 Å². The van der Waals surface area contributed by atoms with E-state index in [1.807, 2.05) is 0 Å². The summed E-state index contributed by atoms with van der Waals surface area (Å²) in [6.07, 6.45) is 0.445. The molecule has 0 bridgehead atoms. The first-order valence-electron chi connectivity index (χ1n) is 6.14. The number of nitro benzene ring substituents is 1. The molecule has 0 unspecified atom stereocenters. The molecule has 0 N–H and O–H groups in total. The van der Waals surface area contributed by atoms with Gasteiger partial charge in [0.2, 0.25) is 5.91 Å². The summed E-state index contributed by atoms with van der Waals surface area (Å²) in [6, 6.07) is 5.76. The zero-order valence-electron chi connectivity index (χ0n) is 10.7. The fourth-order valence-corrected chi connectivity index (χ4v) is 3.16.